The Morgan fingerprint density at radius 1 is 1.47 bits per heavy atom. The van der Waals surface area contributed by atoms with E-state index in [0.717, 1.165) is 4.88 Å². The van der Waals surface area contributed by atoms with E-state index < -0.39 is 11.9 Å². The van der Waals surface area contributed by atoms with Crippen LogP contribution in [-0.4, -0.2) is 23.7 Å². The second kappa shape index (κ2) is 6.46. The Hall–Kier alpha value is -1.27. The van der Waals surface area contributed by atoms with E-state index in [9.17, 15) is 9.59 Å². The average Bonchev–Trinajstić information content (AvgIpc) is 2.69. The third-order valence-electron chi connectivity index (χ3n) is 2.04. The molecule has 0 aliphatic rings. The summed E-state index contributed by atoms with van der Waals surface area (Å²) in [7, 11) is 0. The molecule has 1 unspecified atom stereocenters. The molecule has 0 aromatic carbocycles. The molecule has 0 spiro atoms. The SMILES string of the molecule is CC(CNC(=O)NCc1ccc(Cl)s1)C(=O)O. The van der Waals surface area contributed by atoms with Crippen molar-refractivity contribution in [3.05, 3.63) is 21.3 Å². The van der Waals surface area contributed by atoms with Gasteiger partial charge in [-0.2, -0.15) is 0 Å². The first kappa shape index (κ1) is 13.8. The standard InChI is InChI=1S/C10H13ClN2O3S/c1-6(9(14)15)4-12-10(16)13-5-7-2-3-8(11)17-7/h2-3,6H,4-5H2,1H3,(H,14,15)(H2,12,13,16). The van der Waals surface area contributed by atoms with Crippen molar-refractivity contribution in [1.82, 2.24) is 10.6 Å². The van der Waals surface area contributed by atoms with E-state index >= 15 is 0 Å². The molecule has 1 rings (SSSR count). The number of carbonyl (C=O) groups excluding carboxylic acids is 1. The van der Waals surface area contributed by atoms with Crippen molar-refractivity contribution in [1.29, 1.82) is 0 Å². The summed E-state index contributed by atoms with van der Waals surface area (Å²) >= 11 is 7.13. The topological polar surface area (TPSA) is 78.4 Å². The molecule has 0 aliphatic carbocycles. The maximum atomic E-state index is 11.3. The fourth-order valence-corrected chi connectivity index (χ4v) is 2.04. The third-order valence-corrected chi connectivity index (χ3v) is 3.27. The molecule has 0 bridgehead atoms. The second-order valence-electron chi connectivity index (χ2n) is 3.51. The van der Waals surface area contributed by atoms with Gasteiger partial charge in [-0.3, -0.25) is 4.79 Å². The van der Waals surface area contributed by atoms with E-state index in [0.29, 0.717) is 10.9 Å². The number of halogens is 1. The number of carbonyl (C=O) groups is 2. The molecule has 1 aromatic heterocycles. The van der Waals surface area contributed by atoms with Gasteiger partial charge in [-0.15, -0.1) is 11.3 Å². The smallest absolute Gasteiger partial charge is 0.315 e. The number of hydrogen-bond acceptors (Lipinski definition) is 3. The molecule has 0 saturated carbocycles. The minimum absolute atomic E-state index is 0.104. The third kappa shape index (κ3) is 5.06. The van der Waals surface area contributed by atoms with Crippen LogP contribution < -0.4 is 10.6 Å². The number of nitrogens with one attached hydrogen (secondary N) is 2. The van der Waals surface area contributed by atoms with Crippen molar-refractivity contribution in [3.8, 4) is 0 Å². The van der Waals surface area contributed by atoms with Crippen molar-refractivity contribution in [2.75, 3.05) is 6.54 Å². The van der Waals surface area contributed by atoms with Crippen LogP contribution in [0.15, 0.2) is 12.1 Å². The summed E-state index contributed by atoms with van der Waals surface area (Å²) in [6.07, 6.45) is 0. The predicted octanol–water partition coefficient (Wildman–Crippen LogP) is 1.92. The van der Waals surface area contributed by atoms with Crippen molar-refractivity contribution >= 4 is 34.9 Å². The zero-order valence-corrected chi connectivity index (χ0v) is 10.8. The van der Waals surface area contributed by atoms with Gasteiger partial charge < -0.3 is 15.7 Å². The molecule has 0 fully saturated rings. The number of aliphatic carboxylic acids is 1. The molecular formula is C10H13ClN2O3S. The Morgan fingerprint density at radius 3 is 2.71 bits per heavy atom. The van der Waals surface area contributed by atoms with Gasteiger partial charge in [0.15, 0.2) is 0 Å². The lowest BCUT2D eigenvalue weighted by Gasteiger charge is -2.09. The normalized spacial score (nSPS) is 11.9. The highest BCUT2D eigenvalue weighted by Crippen LogP contribution is 2.20. The molecule has 5 nitrogen and oxygen atoms in total. The van der Waals surface area contributed by atoms with E-state index in [2.05, 4.69) is 10.6 Å². The first-order valence-corrected chi connectivity index (χ1v) is 6.17. The van der Waals surface area contributed by atoms with Crippen molar-refractivity contribution < 1.29 is 14.7 Å². The van der Waals surface area contributed by atoms with Crippen molar-refractivity contribution in [2.24, 2.45) is 5.92 Å². The minimum atomic E-state index is -0.935. The summed E-state index contributed by atoms with van der Waals surface area (Å²) < 4.78 is 0.668. The lowest BCUT2D eigenvalue weighted by molar-refractivity contribution is -0.140. The number of urea groups is 1. The maximum Gasteiger partial charge on any atom is 0.315 e. The lowest BCUT2D eigenvalue weighted by atomic mass is 10.2. The van der Waals surface area contributed by atoms with Crippen molar-refractivity contribution in [2.45, 2.75) is 13.5 Å². The Labute approximate surface area is 108 Å². The summed E-state index contributed by atoms with van der Waals surface area (Å²) in [4.78, 5) is 22.8. The number of thiophene rings is 1. The molecule has 17 heavy (non-hydrogen) atoms. The van der Waals surface area contributed by atoms with E-state index in [4.69, 9.17) is 16.7 Å². The molecule has 7 heteroatoms. The van der Waals surface area contributed by atoms with Crippen LogP contribution in [0, 0.1) is 5.92 Å². The van der Waals surface area contributed by atoms with Crippen LogP contribution in [0.2, 0.25) is 4.34 Å². The van der Waals surface area contributed by atoms with Gasteiger partial charge in [0, 0.05) is 11.4 Å². The molecule has 3 N–H and O–H groups in total. The molecule has 0 radical (unpaired) electrons. The molecule has 0 saturated heterocycles. The fraction of sp³-hybridized carbons (Fsp3) is 0.400. The van der Waals surface area contributed by atoms with E-state index in [1.165, 1.54) is 18.3 Å². The highest BCUT2D eigenvalue weighted by molar-refractivity contribution is 7.16. The van der Waals surface area contributed by atoms with Gasteiger partial charge in [-0.05, 0) is 12.1 Å². The Balaban J connectivity index is 2.24. The maximum absolute atomic E-state index is 11.3. The number of hydrogen-bond donors (Lipinski definition) is 3. The van der Waals surface area contributed by atoms with Gasteiger partial charge in [0.05, 0.1) is 16.8 Å². The van der Waals surface area contributed by atoms with Crippen LogP contribution >= 0.6 is 22.9 Å². The number of rotatable bonds is 5. The number of carboxylic acid groups (broad SMARTS) is 1. The van der Waals surface area contributed by atoms with Gasteiger partial charge in [0.2, 0.25) is 0 Å². The van der Waals surface area contributed by atoms with Crippen LogP contribution in [0.1, 0.15) is 11.8 Å². The van der Waals surface area contributed by atoms with Gasteiger partial charge in [-0.25, -0.2) is 4.79 Å². The van der Waals surface area contributed by atoms with Gasteiger partial charge in [0.1, 0.15) is 0 Å². The highest BCUT2D eigenvalue weighted by Gasteiger charge is 2.11. The highest BCUT2D eigenvalue weighted by atomic mass is 35.5. The molecular weight excluding hydrogens is 264 g/mol. The molecule has 0 aliphatic heterocycles. The molecule has 1 heterocycles. The van der Waals surface area contributed by atoms with Crippen LogP contribution in [0.3, 0.4) is 0 Å². The molecule has 1 aromatic rings. The Bertz CT molecular complexity index is 408. The first-order valence-electron chi connectivity index (χ1n) is 4.97. The van der Waals surface area contributed by atoms with Gasteiger partial charge in [-0.1, -0.05) is 18.5 Å². The van der Waals surface area contributed by atoms with Gasteiger partial charge >= 0.3 is 12.0 Å². The first-order chi connectivity index (χ1) is 7.99. The van der Waals surface area contributed by atoms with Crippen LogP contribution in [0.25, 0.3) is 0 Å². The van der Waals surface area contributed by atoms with Crippen LogP contribution in [0.5, 0.6) is 0 Å². The van der Waals surface area contributed by atoms with Crippen LogP contribution in [-0.2, 0) is 11.3 Å². The fourth-order valence-electron chi connectivity index (χ4n) is 1.01. The molecule has 2 amide bonds. The summed E-state index contributed by atoms with van der Waals surface area (Å²) in [6.45, 7) is 2.01. The largest absolute Gasteiger partial charge is 0.481 e. The average molecular weight is 277 g/mol. The number of amides is 2. The molecule has 94 valence electrons. The Kier molecular flexibility index (Phi) is 5.24. The lowest BCUT2D eigenvalue weighted by Crippen LogP contribution is -2.38. The summed E-state index contributed by atoms with van der Waals surface area (Å²) in [5, 5.41) is 13.7. The predicted molar refractivity (Wildman–Crippen MR) is 66.4 cm³/mol. The Morgan fingerprint density at radius 2 is 2.18 bits per heavy atom. The van der Waals surface area contributed by atoms with Crippen LogP contribution in [0.4, 0.5) is 4.79 Å². The summed E-state index contributed by atoms with van der Waals surface area (Å²) in [5.41, 5.74) is 0. The minimum Gasteiger partial charge on any atom is -0.481 e. The quantitative estimate of drug-likeness (QED) is 0.769. The van der Waals surface area contributed by atoms with Crippen molar-refractivity contribution in [3.63, 3.8) is 0 Å². The monoisotopic (exact) mass is 276 g/mol. The van der Waals surface area contributed by atoms with E-state index in [1.54, 1.807) is 6.07 Å². The zero-order chi connectivity index (χ0) is 12.8. The summed E-state index contributed by atoms with van der Waals surface area (Å²) in [6, 6.07) is 3.20. The van der Waals surface area contributed by atoms with E-state index in [1.807, 2.05) is 6.07 Å². The van der Waals surface area contributed by atoms with E-state index in [-0.39, 0.29) is 12.6 Å². The second-order valence-corrected chi connectivity index (χ2v) is 5.31. The summed E-state index contributed by atoms with van der Waals surface area (Å²) in [5.74, 6) is -1.53. The zero-order valence-electron chi connectivity index (χ0n) is 9.20. The van der Waals surface area contributed by atoms with Gasteiger partial charge in [0.25, 0.3) is 0 Å². The number of carboxylic acids is 1. The molecule has 1 atom stereocenters.